The second-order valence-electron chi connectivity index (χ2n) is 6.57. The predicted molar refractivity (Wildman–Crippen MR) is 87.7 cm³/mol. The highest BCUT2D eigenvalue weighted by molar-refractivity contribution is 6.31. The first-order valence-electron chi connectivity index (χ1n) is 7.30. The summed E-state index contributed by atoms with van der Waals surface area (Å²) < 4.78 is 0. The topological polar surface area (TPSA) is 32.5 Å². The lowest BCUT2D eigenvalue weighted by Gasteiger charge is -2.46. The number of piperazine rings is 1. The third-order valence-electron chi connectivity index (χ3n) is 4.28. The third-order valence-corrected chi connectivity index (χ3v) is 4.63. The predicted octanol–water partition coefficient (Wildman–Crippen LogP) is 2.76. The van der Waals surface area contributed by atoms with E-state index in [9.17, 15) is 0 Å². The van der Waals surface area contributed by atoms with Gasteiger partial charge in [-0.2, -0.15) is 0 Å². The Morgan fingerprint density at radius 1 is 1.35 bits per heavy atom. The standard InChI is InChI=1S/C16H26ClN3/c1-12(18)10-13-14(17)6-5-7-15(13)20-9-8-19(4)16(2,3)11-20/h5-7,12H,8-11,18H2,1-4H3. The SMILES string of the molecule is CC(N)Cc1c(Cl)cccc1N1CCN(C)C(C)(C)C1. The molecule has 1 aromatic rings. The Kier molecular flexibility index (Phi) is 4.62. The molecule has 0 bridgehead atoms. The van der Waals surface area contributed by atoms with Gasteiger partial charge in [0, 0.05) is 41.9 Å². The van der Waals surface area contributed by atoms with Crippen molar-refractivity contribution >= 4 is 17.3 Å². The molecule has 1 heterocycles. The molecule has 3 nitrogen and oxygen atoms in total. The Labute approximate surface area is 127 Å². The van der Waals surface area contributed by atoms with Gasteiger partial charge in [-0.3, -0.25) is 4.90 Å². The fourth-order valence-corrected chi connectivity index (χ4v) is 3.06. The van der Waals surface area contributed by atoms with Crippen LogP contribution in [0.3, 0.4) is 0 Å². The third kappa shape index (κ3) is 3.27. The summed E-state index contributed by atoms with van der Waals surface area (Å²) in [5.41, 5.74) is 8.59. The minimum atomic E-state index is 0.120. The minimum absolute atomic E-state index is 0.120. The maximum atomic E-state index is 6.40. The van der Waals surface area contributed by atoms with Gasteiger partial charge in [0.05, 0.1) is 0 Å². The lowest BCUT2D eigenvalue weighted by Crippen LogP contribution is -2.57. The number of nitrogens with two attached hydrogens (primary N) is 1. The molecule has 1 aliphatic rings. The van der Waals surface area contributed by atoms with E-state index in [-0.39, 0.29) is 11.6 Å². The van der Waals surface area contributed by atoms with Crippen molar-refractivity contribution in [2.45, 2.75) is 38.8 Å². The Morgan fingerprint density at radius 3 is 2.65 bits per heavy atom. The summed E-state index contributed by atoms with van der Waals surface area (Å²) in [5, 5.41) is 0.830. The molecule has 4 heteroatoms. The molecule has 1 aliphatic heterocycles. The number of likely N-dealkylation sites (N-methyl/N-ethyl adjacent to an activating group) is 1. The zero-order valence-electron chi connectivity index (χ0n) is 13.0. The second-order valence-corrected chi connectivity index (χ2v) is 6.98. The number of anilines is 1. The largest absolute Gasteiger partial charge is 0.368 e. The smallest absolute Gasteiger partial charge is 0.0459 e. The summed E-state index contributed by atoms with van der Waals surface area (Å²) in [6.07, 6.45) is 0.821. The molecule has 1 saturated heterocycles. The molecular weight excluding hydrogens is 270 g/mol. The van der Waals surface area contributed by atoms with Crippen molar-refractivity contribution in [2.24, 2.45) is 5.73 Å². The van der Waals surface area contributed by atoms with Crippen LogP contribution in [0, 0.1) is 0 Å². The molecule has 0 aromatic heterocycles. The van der Waals surface area contributed by atoms with Gasteiger partial charge in [0.15, 0.2) is 0 Å². The number of halogens is 1. The molecule has 0 radical (unpaired) electrons. The summed E-state index contributed by atoms with van der Waals surface area (Å²) in [6.45, 7) is 9.71. The summed E-state index contributed by atoms with van der Waals surface area (Å²) >= 11 is 6.40. The quantitative estimate of drug-likeness (QED) is 0.931. The minimum Gasteiger partial charge on any atom is -0.368 e. The van der Waals surface area contributed by atoms with Crippen molar-refractivity contribution in [1.29, 1.82) is 0 Å². The molecule has 0 amide bonds. The lowest BCUT2D eigenvalue weighted by molar-refractivity contribution is 0.139. The maximum Gasteiger partial charge on any atom is 0.0459 e. The van der Waals surface area contributed by atoms with E-state index in [0.717, 1.165) is 31.1 Å². The van der Waals surface area contributed by atoms with Crippen molar-refractivity contribution in [3.8, 4) is 0 Å². The van der Waals surface area contributed by atoms with Crippen molar-refractivity contribution in [2.75, 3.05) is 31.6 Å². The van der Waals surface area contributed by atoms with E-state index in [1.165, 1.54) is 11.3 Å². The van der Waals surface area contributed by atoms with Crippen LogP contribution < -0.4 is 10.6 Å². The van der Waals surface area contributed by atoms with Gasteiger partial charge in [0.25, 0.3) is 0 Å². The van der Waals surface area contributed by atoms with Gasteiger partial charge < -0.3 is 10.6 Å². The van der Waals surface area contributed by atoms with Crippen LogP contribution in [0.25, 0.3) is 0 Å². The number of benzene rings is 1. The van der Waals surface area contributed by atoms with Crippen molar-refractivity contribution in [3.05, 3.63) is 28.8 Å². The molecule has 2 rings (SSSR count). The average molecular weight is 296 g/mol. The molecule has 0 saturated carbocycles. The van der Waals surface area contributed by atoms with E-state index in [1.54, 1.807) is 0 Å². The van der Waals surface area contributed by atoms with Gasteiger partial charge in [-0.05, 0) is 51.9 Å². The monoisotopic (exact) mass is 295 g/mol. The Hall–Kier alpha value is -0.770. The molecule has 2 N–H and O–H groups in total. The summed E-state index contributed by atoms with van der Waals surface area (Å²) in [7, 11) is 2.19. The highest BCUT2D eigenvalue weighted by Gasteiger charge is 2.32. The lowest BCUT2D eigenvalue weighted by atomic mass is 9.97. The zero-order valence-corrected chi connectivity index (χ0v) is 13.7. The van der Waals surface area contributed by atoms with Crippen LogP contribution in [0.4, 0.5) is 5.69 Å². The molecule has 20 heavy (non-hydrogen) atoms. The molecule has 0 aliphatic carbocycles. The Morgan fingerprint density at radius 2 is 2.05 bits per heavy atom. The van der Waals surface area contributed by atoms with Crippen LogP contribution in [0.1, 0.15) is 26.3 Å². The summed E-state index contributed by atoms with van der Waals surface area (Å²) in [4.78, 5) is 4.86. The molecule has 112 valence electrons. The highest BCUT2D eigenvalue weighted by atomic mass is 35.5. The molecule has 1 fully saturated rings. The van der Waals surface area contributed by atoms with Gasteiger partial charge in [-0.25, -0.2) is 0 Å². The van der Waals surface area contributed by atoms with Gasteiger partial charge >= 0.3 is 0 Å². The maximum absolute atomic E-state index is 6.40. The molecule has 1 atom stereocenters. The molecular formula is C16H26ClN3. The Balaban J connectivity index is 2.31. The average Bonchev–Trinajstić information content (AvgIpc) is 2.35. The number of hydrogen-bond donors (Lipinski definition) is 1. The van der Waals surface area contributed by atoms with Crippen LogP contribution in [0.2, 0.25) is 5.02 Å². The van der Waals surface area contributed by atoms with Crippen molar-refractivity contribution in [1.82, 2.24) is 4.90 Å². The van der Waals surface area contributed by atoms with Gasteiger partial charge in [-0.15, -0.1) is 0 Å². The van der Waals surface area contributed by atoms with Gasteiger partial charge in [0.1, 0.15) is 0 Å². The van der Waals surface area contributed by atoms with Crippen LogP contribution in [-0.4, -0.2) is 43.2 Å². The van der Waals surface area contributed by atoms with Gasteiger partial charge in [-0.1, -0.05) is 17.7 Å². The van der Waals surface area contributed by atoms with Crippen LogP contribution in [-0.2, 0) is 6.42 Å². The van der Waals surface area contributed by atoms with E-state index in [1.807, 2.05) is 19.1 Å². The fraction of sp³-hybridized carbons (Fsp3) is 0.625. The highest BCUT2D eigenvalue weighted by Crippen LogP contribution is 2.32. The van der Waals surface area contributed by atoms with E-state index >= 15 is 0 Å². The molecule has 0 spiro atoms. The molecule has 1 aromatic carbocycles. The second kappa shape index (κ2) is 5.92. The van der Waals surface area contributed by atoms with Crippen molar-refractivity contribution < 1.29 is 0 Å². The summed E-state index contributed by atoms with van der Waals surface area (Å²) in [5.74, 6) is 0. The van der Waals surface area contributed by atoms with Crippen LogP contribution >= 0.6 is 11.6 Å². The first-order valence-corrected chi connectivity index (χ1v) is 7.68. The number of hydrogen-bond acceptors (Lipinski definition) is 3. The van der Waals surface area contributed by atoms with Gasteiger partial charge in [0.2, 0.25) is 0 Å². The van der Waals surface area contributed by atoms with Crippen LogP contribution in [0.15, 0.2) is 18.2 Å². The number of rotatable bonds is 3. The summed E-state index contributed by atoms with van der Waals surface area (Å²) in [6, 6.07) is 6.29. The Bertz CT molecular complexity index is 471. The molecule has 1 unspecified atom stereocenters. The number of nitrogens with zero attached hydrogens (tertiary/aromatic N) is 2. The first kappa shape index (κ1) is 15.6. The van der Waals surface area contributed by atoms with E-state index in [2.05, 4.69) is 36.8 Å². The van der Waals surface area contributed by atoms with E-state index < -0.39 is 0 Å². The fourth-order valence-electron chi connectivity index (χ4n) is 2.81. The van der Waals surface area contributed by atoms with E-state index in [0.29, 0.717) is 0 Å². The normalized spacial score (nSPS) is 21.0. The van der Waals surface area contributed by atoms with Crippen LogP contribution in [0.5, 0.6) is 0 Å². The zero-order chi connectivity index (χ0) is 14.9. The first-order chi connectivity index (χ1) is 9.31. The van der Waals surface area contributed by atoms with Crippen molar-refractivity contribution in [3.63, 3.8) is 0 Å². The van der Waals surface area contributed by atoms with E-state index in [4.69, 9.17) is 17.3 Å².